The van der Waals surface area contributed by atoms with Crippen molar-refractivity contribution in [3.05, 3.63) is 99.5 Å². The second-order valence-corrected chi connectivity index (χ2v) is 7.49. The summed E-state index contributed by atoms with van der Waals surface area (Å²) in [5.41, 5.74) is 13.8. The van der Waals surface area contributed by atoms with Gasteiger partial charge in [-0.3, -0.25) is 14.9 Å². The molecule has 0 aliphatic rings. The average Bonchev–Trinajstić information content (AvgIpc) is 3.03. The summed E-state index contributed by atoms with van der Waals surface area (Å²) in [6.45, 7) is 5.97. The van der Waals surface area contributed by atoms with Gasteiger partial charge in [0.25, 0.3) is 5.56 Å². The van der Waals surface area contributed by atoms with E-state index in [1.165, 1.54) is 5.56 Å². The maximum atomic E-state index is 12.9. The van der Waals surface area contributed by atoms with E-state index >= 15 is 0 Å². The van der Waals surface area contributed by atoms with Crippen LogP contribution in [0.5, 0.6) is 0 Å². The topological polar surface area (TPSA) is 76.2 Å². The van der Waals surface area contributed by atoms with Crippen molar-refractivity contribution in [2.75, 3.05) is 5.73 Å². The molecule has 5 nitrogen and oxygen atoms in total. The summed E-state index contributed by atoms with van der Waals surface area (Å²) < 4.78 is 1.56. The molecule has 0 unspecified atom stereocenters. The lowest BCUT2D eigenvalue weighted by molar-refractivity contribution is 0.833. The van der Waals surface area contributed by atoms with Crippen LogP contribution in [-0.4, -0.2) is 16.0 Å². The fourth-order valence-electron chi connectivity index (χ4n) is 3.31. The van der Waals surface area contributed by atoms with E-state index in [4.69, 9.17) is 5.73 Å². The van der Waals surface area contributed by atoms with Crippen LogP contribution in [0.1, 0.15) is 22.4 Å². The predicted octanol–water partition coefficient (Wildman–Crippen LogP) is 5.09. The third kappa shape index (κ3) is 3.82. The van der Waals surface area contributed by atoms with E-state index in [1.54, 1.807) is 10.9 Å². The van der Waals surface area contributed by atoms with Crippen LogP contribution in [0.15, 0.2) is 76.5 Å². The van der Waals surface area contributed by atoms with Gasteiger partial charge in [-0.2, -0.15) is 0 Å². The summed E-state index contributed by atoms with van der Waals surface area (Å²) >= 11 is 0. The van der Waals surface area contributed by atoms with Gasteiger partial charge in [-0.1, -0.05) is 30.3 Å². The van der Waals surface area contributed by atoms with Crippen LogP contribution in [0.25, 0.3) is 16.8 Å². The molecule has 0 amide bonds. The van der Waals surface area contributed by atoms with Crippen LogP contribution < -0.4 is 11.3 Å². The monoisotopic (exact) mass is 396 g/mol. The molecule has 3 aromatic carbocycles. The van der Waals surface area contributed by atoms with Gasteiger partial charge in [0.1, 0.15) is 0 Å². The van der Waals surface area contributed by atoms with Crippen molar-refractivity contribution in [3.8, 4) is 16.8 Å². The first-order valence-corrected chi connectivity index (χ1v) is 9.81. The molecule has 0 spiro atoms. The van der Waals surface area contributed by atoms with Gasteiger partial charge in [0.05, 0.1) is 16.9 Å². The zero-order valence-electron chi connectivity index (χ0n) is 17.3. The van der Waals surface area contributed by atoms with E-state index in [-0.39, 0.29) is 5.56 Å². The number of rotatable bonds is 4. The number of benzene rings is 3. The number of nitrogen functional groups attached to an aromatic ring is 1. The molecule has 30 heavy (non-hydrogen) atoms. The van der Waals surface area contributed by atoms with Crippen LogP contribution >= 0.6 is 0 Å². The molecular formula is C25H24N4O. The van der Waals surface area contributed by atoms with Crippen molar-refractivity contribution >= 4 is 17.6 Å². The molecule has 5 heteroatoms. The second-order valence-electron chi connectivity index (χ2n) is 7.49. The van der Waals surface area contributed by atoms with Crippen molar-refractivity contribution in [3.63, 3.8) is 0 Å². The minimum absolute atomic E-state index is 0.113. The number of aliphatic imine (C=N–C) groups is 1. The molecule has 0 saturated carbocycles. The Bertz CT molecular complexity index is 1280. The smallest absolute Gasteiger partial charge is 0.280 e. The number of hydrogen-bond acceptors (Lipinski definition) is 3. The molecule has 150 valence electrons. The predicted molar refractivity (Wildman–Crippen MR) is 124 cm³/mol. The van der Waals surface area contributed by atoms with Crippen LogP contribution in [0.4, 0.5) is 11.4 Å². The van der Waals surface area contributed by atoms with Crippen molar-refractivity contribution in [1.29, 1.82) is 0 Å². The Morgan fingerprint density at radius 2 is 1.50 bits per heavy atom. The minimum atomic E-state index is -0.113. The molecule has 0 radical (unpaired) electrons. The molecule has 0 aliphatic heterocycles. The molecule has 0 atom stereocenters. The summed E-state index contributed by atoms with van der Waals surface area (Å²) in [6, 6.07) is 21.6. The second kappa shape index (κ2) is 7.87. The first kappa shape index (κ1) is 19.5. The minimum Gasteiger partial charge on any atom is -0.399 e. The molecule has 0 bridgehead atoms. The number of hydrogen-bond donors (Lipinski definition) is 2. The van der Waals surface area contributed by atoms with Gasteiger partial charge in [-0.05, 0) is 79.4 Å². The number of nitrogens with zero attached hydrogens (tertiary/aromatic N) is 2. The maximum absolute atomic E-state index is 12.9. The summed E-state index contributed by atoms with van der Waals surface area (Å²) in [7, 11) is 0. The molecule has 3 N–H and O–H groups in total. The Balaban J connectivity index is 1.60. The zero-order valence-corrected chi connectivity index (χ0v) is 17.3. The number of aryl methyl sites for hydroxylation is 3. The largest absolute Gasteiger partial charge is 0.399 e. The molecule has 4 rings (SSSR count). The number of anilines is 1. The quantitative estimate of drug-likeness (QED) is 0.372. The first-order valence-electron chi connectivity index (χ1n) is 9.81. The van der Waals surface area contributed by atoms with Gasteiger partial charge in [0.15, 0.2) is 0 Å². The molecule has 1 heterocycles. The van der Waals surface area contributed by atoms with E-state index in [9.17, 15) is 4.79 Å². The molecule has 0 aliphatic carbocycles. The van der Waals surface area contributed by atoms with E-state index in [1.807, 2.05) is 80.6 Å². The first-order chi connectivity index (χ1) is 14.4. The Kier molecular flexibility index (Phi) is 5.11. The number of aromatic amines is 1. The molecular weight excluding hydrogens is 372 g/mol. The third-order valence-corrected chi connectivity index (χ3v) is 5.32. The lowest BCUT2D eigenvalue weighted by atomic mass is 10.1. The van der Waals surface area contributed by atoms with E-state index in [2.05, 4.69) is 17.0 Å². The zero-order chi connectivity index (χ0) is 21.3. The Morgan fingerprint density at radius 1 is 0.867 bits per heavy atom. The fraction of sp³-hybridized carbons (Fsp3) is 0.120. The van der Waals surface area contributed by atoms with Gasteiger partial charge in [0, 0.05) is 17.6 Å². The highest BCUT2D eigenvalue weighted by molar-refractivity contribution is 5.83. The lowest BCUT2D eigenvalue weighted by Crippen LogP contribution is -2.17. The summed E-state index contributed by atoms with van der Waals surface area (Å²) in [6.07, 6.45) is 1.63. The summed E-state index contributed by atoms with van der Waals surface area (Å²) in [5, 5.41) is 3.15. The van der Waals surface area contributed by atoms with Gasteiger partial charge >= 0.3 is 0 Å². The maximum Gasteiger partial charge on any atom is 0.280 e. The van der Waals surface area contributed by atoms with Gasteiger partial charge < -0.3 is 5.73 Å². The number of H-pyrrole nitrogens is 1. The molecule has 1 aromatic heterocycles. The normalized spacial score (nSPS) is 11.3. The van der Waals surface area contributed by atoms with Crippen LogP contribution in [0.3, 0.4) is 0 Å². The highest BCUT2D eigenvalue weighted by Gasteiger charge is 2.11. The Labute approximate surface area is 175 Å². The van der Waals surface area contributed by atoms with E-state index < -0.39 is 0 Å². The van der Waals surface area contributed by atoms with Crippen molar-refractivity contribution in [1.82, 2.24) is 9.78 Å². The Morgan fingerprint density at radius 3 is 2.13 bits per heavy atom. The van der Waals surface area contributed by atoms with Crippen LogP contribution in [-0.2, 0) is 0 Å². The van der Waals surface area contributed by atoms with Crippen molar-refractivity contribution < 1.29 is 0 Å². The van der Waals surface area contributed by atoms with Gasteiger partial charge in [-0.15, -0.1) is 0 Å². The van der Waals surface area contributed by atoms with Gasteiger partial charge in [0.2, 0.25) is 0 Å². The standard InChI is InChI=1S/C25H24N4O/c1-16-4-13-23(14-17(16)2)29-25(30)24(18(3)28-29)15-27-22-11-7-20(8-12-22)19-5-9-21(26)10-6-19/h4-15,28H,26H2,1-3H3. The van der Waals surface area contributed by atoms with Gasteiger partial charge in [-0.25, -0.2) is 4.68 Å². The summed E-state index contributed by atoms with van der Waals surface area (Å²) in [4.78, 5) is 17.4. The van der Waals surface area contributed by atoms with E-state index in [0.29, 0.717) is 5.56 Å². The van der Waals surface area contributed by atoms with E-state index in [0.717, 1.165) is 39.4 Å². The summed E-state index contributed by atoms with van der Waals surface area (Å²) in [5.74, 6) is 0. The number of nitrogens with one attached hydrogen (secondary N) is 1. The van der Waals surface area contributed by atoms with Crippen molar-refractivity contribution in [2.24, 2.45) is 4.99 Å². The average molecular weight is 396 g/mol. The van der Waals surface area contributed by atoms with Crippen molar-refractivity contribution in [2.45, 2.75) is 20.8 Å². The molecule has 4 aromatic rings. The lowest BCUT2D eigenvalue weighted by Gasteiger charge is -2.05. The highest BCUT2D eigenvalue weighted by Crippen LogP contribution is 2.23. The fourth-order valence-corrected chi connectivity index (χ4v) is 3.31. The SMILES string of the molecule is Cc1ccc(-n2[nH]c(C)c(C=Nc3ccc(-c4ccc(N)cc4)cc3)c2=O)cc1C. The van der Waals surface area contributed by atoms with Crippen LogP contribution in [0, 0.1) is 20.8 Å². The van der Waals surface area contributed by atoms with Crippen LogP contribution in [0.2, 0.25) is 0 Å². The third-order valence-electron chi connectivity index (χ3n) is 5.32. The molecule has 0 saturated heterocycles. The Hall–Kier alpha value is -3.86. The number of nitrogens with two attached hydrogens (primary N) is 1. The highest BCUT2D eigenvalue weighted by atomic mass is 16.1. The number of aromatic nitrogens is 2. The molecule has 0 fully saturated rings.